The van der Waals surface area contributed by atoms with E-state index in [0.717, 1.165) is 34.7 Å². The number of hydrogen-bond donors (Lipinski definition) is 2. The van der Waals surface area contributed by atoms with Crippen LogP contribution in [0, 0.1) is 19.7 Å². The topological polar surface area (TPSA) is 101 Å². The van der Waals surface area contributed by atoms with Crippen molar-refractivity contribution in [2.75, 3.05) is 22.1 Å². The summed E-state index contributed by atoms with van der Waals surface area (Å²) >= 11 is 8.35. The van der Waals surface area contributed by atoms with Crippen molar-refractivity contribution in [3.63, 3.8) is 0 Å². The molecule has 0 unspecified atom stereocenters. The maximum absolute atomic E-state index is 14.3. The lowest BCUT2D eigenvalue weighted by atomic mass is 10.2. The molecule has 0 spiro atoms. The van der Waals surface area contributed by atoms with E-state index in [1.54, 1.807) is 6.07 Å². The lowest BCUT2D eigenvalue weighted by Gasteiger charge is -2.07. The van der Waals surface area contributed by atoms with Gasteiger partial charge in [-0.05, 0) is 50.2 Å². The SMILES string of the molecule is Cc1ccc(NC(=O)CSc2nnc(SCC(=O)Nc3ccc(C)cc3)n2N=Cc2c(F)cccc2Cl)cc1. The maximum atomic E-state index is 14.3. The molecule has 1 aromatic heterocycles. The molecular weight excluding hydrogens is 559 g/mol. The molecule has 0 bridgehead atoms. The summed E-state index contributed by atoms with van der Waals surface area (Å²) in [5.41, 5.74) is 3.61. The molecule has 4 aromatic rings. The summed E-state index contributed by atoms with van der Waals surface area (Å²) in [4.78, 5) is 25.0. The van der Waals surface area contributed by atoms with Crippen molar-refractivity contribution in [1.82, 2.24) is 14.9 Å². The third-order valence-electron chi connectivity index (χ3n) is 5.22. The Labute approximate surface area is 238 Å². The quantitative estimate of drug-likeness (QED) is 0.175. The smallest absolute Gasteiger partial charge is 0.234 e. The molecule has 0 saturated carbocycles. The van der Waals surface area contributed by atoms with Gasteiger partial charge in [0.1, 0.15) is 5.82 Å². The van der Waals surface area contributed by atoms with Crippen molar-refractivity contribution in [2.24, 2.45) is 5.10 Å². The second kappa shape index (κ2) is 13.4. The van der Waals surface area contributed by atoms with Gasteiger partial charge in [0.05, 0.1) is 22.7 Å². The van der Waals surface area contributed by atoms with E-state index in [2.05, 4.69) is 25.9 Å². The minimum absolute atomic E-state index is 0.0283. The van der Waals surface area contributed by atoms with Crippen LogP contribution in [-0.2, 0) is 9.59 Å². The molecule has 39 heavy (non-hydrogen) atoms. The Morgan fingerprint density at radius 2 is 1.36 bits per heavy atom. The highest BCUT2D eigenvalue weighted by molar-refractivity contribution is 8.00. The summed E-state index contributed by atoms with van der Waals surface area (Å²) < 4.78 is 15.7. The van der Waals surface area contributed by atoms with Crippen LogP contribution in [0.3, 0.4) is 0 Å². The predicted octanol–water partition coefficient (Wildman–Crippen LogP) is 6.03. The van der Waals surface area contributed by atoms with Crippen molar-refractivity contribution in [3.8, 4) is 0 Å². The second-order valence-corrected chi connectivity index (χ2v) is 10.7. The number of nitrogens with one attached hydrogen (secondary N) is 2. The molecular formula is C27H24ClFN6O2S2. The zero-order valence-electron chi connectivity index (χ0n) is 21.0. The van der Waals surface area contributed by atoms with Crippen molar-refractivity contribution < 1.29 is 14.0 Å². The number of aromatic nitrogens is 3. The van der Waals surface area contributed by atoms with Gasteiger partial charge in [-0.15, -0.1) is 10.2 Å². The minimum atomic E-state index is -0.544. The van der Waals surface area contributed by atoms with Crippen LogP contribution >= 0.6 is 35.1 Å². The highest BCUT2D eigenvalue weighted by atomic mass is 35.5. The Morgan fingerprint density at radius 1 is 0.872 bits per heavy atom. The third-order valence-corrected chi connectivity index (χ3v) is 7.39. The summed E-state index contributed by atoms with van der Waals surface area (Å²) in [6, 6.07) is 19.2. The molecule has 200 valence electrons. The molecule has 4 rings (SSSR count). The molecule has 12 heteroatoms. The van der Waals surface area contributed by atoms with Gasteiger partial charge in [-0.25, -0.2) is 4.39 Å². The van der Waals surface area contributed by atoms with E-state index < -0.39 is 5.82 Å². The van der Waals surface area contributed by atoms with E-state index in [1.165, 1.54) is 23.0 Å². The van der Waals surface area contributed by atoms with Crippen LogP contribution in [0.5, 0.6) is 0 Å². The molecule has 1 heterocycles. The highest BCUT2D eigenvalue weighted by Gasteiger charge is 2.17. The minimum Gasteiger partial charge on any atom is -0.325 e. The Morgan fingerprint density at radius 3 is 1.82 bits per heavy atom. The molecule has 0 aliphatic rings. The first-order valence-electron chi connectivity index (χ1n) is 11.7. The molecule has 0 radical (unpaired) electrons. The van der Waals surface area contributed by atoms with E-state index in [1.807, 2.05) is 62.4 Å². The number of anilines is 2. The zero-order chi connectivity index (χ0) is 27.8. The third kappa shape index (κ3) is 8.16. The summed E-state index contributed by atoms with van der Waals surface area (Å²) in [7, 11) is 0. The number of nitrogens with zero attached hydrogens (tertiary/aromatic N) is 4. The van der Waals surface area contributed by atoms with Crippen LogP contribution in [0.15, 0.2) is 82.1 Å². The molecule has 0 saturated heterocycles. The van der Waals surface area contributed by atoms with Gasteiger partial charge >= 0.3 is 0 Å². The number of benzene rings is 3. The number of thioether (sulfide) groups is 2. The molecule has 0 fully saturated rings. The van der Waals surface area contributed by atoms with Gasteiger partial charge in [-0.2, -0.15) is 9.78 Å². The van der Waals surface area contributed by atoms with Crippen molar-refractivity contribution in [3.05, 3.63) is 94.3 Å². The number of rotatable bonds is 10. The van der Waals surface area contributed by atoms with Gasteiger partial charge in [0.25, 0.3) is 0 Å². The Hall–Kier alpha value is -3.67. The van der Waals surface area contributed by atoms with Crippen molar-refractivity contribution in [1.29, 1.82) is 0 Å². The van der Waals surface area contributed by atoms with E-state index in [0.29, 0.717) is 21.7 Å². The fraction of sp³-hybridized carbons (Fsp3) is 0.148. The lowest BCUT2D eigenvalue weighted by Crippen LogP contribution is -2.15. The van der Waals surface area contributed by atoms with Gasteiger partial charge < -0.3 is 10.6 Å². The van der Waals surface area contributed by atoms with Gasteiger partial charge in [-0.1, -0.05) is 76.6 Å². The standard InChI is InChI=1S/C27H24ClFN6O2S2/c1-17-6-10-19(11-7-17)31-24(36)15-38-26-33-34-27(35(26)30-14-21-22(28)4-3-5-23(21)29)39-16-25(37)32-20-12-8-18(2)9-13-20/h3-14H,15-16H2,1-2H3,(H,31,36)(H,32,37). The number of halogens is 2. The number of carbonyl (C=O) groups is 2. The van der Waals surface area contributed by atoms with Gasteiger partial charge in [0, 0.05) is 16.9 Å². The number of hydrogen-bond acceptors (Lipinski definition) is 7. The Kier molecular flexibility index (Phi) is 9.74. The predicted molar refractivity (Wildman–Crippen MR) is 155 cm³/mol. The molecule has 0 atom stereocenters. The Bertz CT molecular complexity index is 1390. The van der Waals surface area contributed by atoms with Gasteiger partial charge in [0.15, 0.2) is 0 Å². The van der Waals surface area contributed by atoms with Crippen molar-refractivity contribution >= 4 is 64.5 Å². The molecule has 2 amide bonds. The second-order valence-electron chi connectivity index (χ2n) is 8.36. The van der Waals surface area contributed by atoms with Gasteiger partial charge in [-0.3, -0.25) is 9.59 Å². The summed E-state index contributed by atoms with van der Waals surface area (Å²) in [6.45, 7) is 3.93. The van der Waals surface area contributed by atoms with Crippen molar-refractivity contribution in [2.45, 2.75) is 24.2 Å². The van der Waals surface area contributed by atoms with Crippen LogP contribution in [0.2, 0.25) is 5.02 Å². The molecule has 2 N–H and O–H groups in total. The fourth-order valence-electron chi connectivity index (χ4n) is 3.21. The van der Waals surface area contributed by atoms with Crippen LogP contribution in [0.25, 0.3) is 0 Å². The first-order valence-corrected chi connectivity index (χ1v) is 14.1. The van der Waals surface area contributed by atoms with Crippen LogP contribution in [-0.4, -0.2) is 44.4 Å². The number of aryl methyl sites for hydroxylation is 2. The lowest BCUT2D eigenvalue weighted by molar-refractivity contribution is -0.114. The average Bonchev–Trinajstić information content (AvgIpc) is 3.30. The maximum Gasteiger partial charge on any atom is 0.234 e. The number of carbonyl (C=O) groups excluding carboxylic acids is 2. The zero-order valence-corrected chi connectivity index (χ0v) is 23.4. The van der Waals surface area contributed by atoms with Crippen LogP contribution < -0.4 is 10.6 Å². The monoisotopic (exact) mass is 582 g/mol. The molecule has 3 aromatic carbocycles. The van der Waals surface area contributed by atoms with E-state index in [4.69, 9.17) is 11.6 Å². The average molecular weight is 583 g/mol. The normalized spacial score (nSPS) is 11.1. The largest absolute Gasteiger partial charge is 0.325 e. The molecule has 8 nitrogen and oxygen atoms in total. The number of amides is 2. The Balaban J connectivity index is 1.48. The molecule has 0 aliphatic carbocycles. The first kappa shape index (κ1) is 28.3. The summed E-state index contributed by atoms with van der Waals surface area (Å²) in [5, 5.41) is 19.0. The highest BCUT2D eigenvalue weighted by Crippen LogP contribution is 2.25. The fourth-order valence-corrected chi connectivity index (χ4v) is 4.85. The van der Waals surface area contributed by atoms with E-state index in [-0.39, 0.29) is 33.9 Å². The first-order chi connectivity index (χ1) is 18.8. The summed E-state index contributed by atoms with van der Waals surface area (Å²) in [5.74, 6) is -0.976. The van der Waals surface area contributed by atoms with Gasteiger partial charge in [0.2, 0.25) is 22.1 Å². The summed E-state index contributed by atoms with van der Waals surface area (Å²) in [6.07, 6.45) is 1.26. The van der Waals surface area contributed by atoms with E-state index >= 15 is 0 Å². The van der Waals surface area contributed by atoms with E-state index in [9.17, 15) is 14.0 Å². The molecule has 0 aliphatic heterocycles. The van der Waals surface area contributed by atoms with Crippen LogP contribution in [0.4, 0.5) is 15.8 Å². The van der Waals surface area contributed by atoms with Crippen LogP contribution in [0.1, 0.15) is 16.7 Å².